The third-order valence-corrected chi connectivity index (χ3v) is 4.96. The van der Waals surface area contributed by atoms with Crippen LogP contribution in [0.3, 0.4) is 0 Å². The van der Waals surface area contributed by atoms with E-state index >= 15 is 0 Å². The molecule has 15 heavy (non-hydrogen) atoms. The van der Waals surface area contributed by atoms with Crippen LogP contribution in [0.1, 0.15) is 49.9 Å². The van der Waals surface area contributed by atoms with Crippen molar-refractivity contribution in [2.45, 2.75) is 45.1 Å². The van der Waals surface area contributed by atoms with Crippen LogP contribution in [0, 0.1) is 5.41 Å². The van der Waals surface area contributed by atoms with Crippen LogP contribution in [0.5, 0.6) is 0 Å². The number of nitrogens with two attached hydrogens (primary N) is 1. The van der Waals surface area contributed by atoms with Gasteiger partial charge in [-0.2, -0.15) is 0 Å². The van der Waals surface area contributed by atoms with Crippen molar-refractivity contribution in [3.63, 3.8) is 0 Å². The van der Waals surface area contributed by atoms with Gasteiger partial charge in [-0.05, 0) is 30.4 Å². The van der Waals surface area contributed by atoms with E-state index in [0.29, 0.717) is 0 Å². The highest BCUT2D eigenvalue weighted by Crippen LogP contribution is 2.46. The molecule has 1 aromatic heterocycles. The van der Waals surface area contributed by atoms with Gasteiger partial charge in [0.05, 0.1) is 4.34 Å². The third kappa shape index (κ3) is 2.38. The molecule has 84 valence electrons. The molecule has 2 N–H and O–H groups in total. The Balaban J connectivity index is 2.15. The first kappa shape index (κ1) is 11.4. The van der Waals surface area contributed by atoms with Crippen molar-refractivity contribution in [3.05, 3.63) is 21.3 Å². The summed E-state index contributed by atoms with van der Waals surface area (Å²) in [6.45, 7) is 2.32. The Morgan fingerprint density at radius 2 is 2.00 bits per heavy atom. The molecule has 0 aliphatic heterocycles. The van der Waals surface area contributed by atoms with Gasteiger partial charge < -0.3 is 5.73 Å². The van der Waals surface area contributed by atoms with E-state index in [4.69, 9.17) is 17.3 Å². The normalized spacial score (nSPS) is 22.6. The first-order valence-electron chi connectivity index (χ1n) is 5.63. The van der Waals surface area contributed by atoms with Crippen LogP contribution >= 0.6 is 22.9 Å². The summed E-state index contributed by atoms with van der Waals surface area (Å²) in [4.78, 5) is 1.24. The highest BCUT2D eigenvalue weighted by Gasteiger charge is 2.34. The Labute approximate surface area is 101 Å². The lowest BCUT2D eigenvalue weighted by Gasteiger charge is -2.38. The molecule has 1 nitrogen and oxygen atoms in total. The topological polar surface area (TPSA) is 26.0 Å². The molecular formula is C12H18ClNS. The van der Waals surface area contributed by atoms with E-state index in [0.717, 1.165) is 4.34 Å². The van der Waals surface area contributed by atoms with E-state index in [1.54, 1.807) is 11.3 Å². The second-order valence-corrected chi connectivity index (χ2v) is 6.58. The summed E-state index contributed by atoms with van der Waals surface area (Å²) < 4.78 is 0.847. The van der Waals surface area contributed by atoms with Gasteiger partial charge in [-0.3, -0.25) is 0 Å². The lowest BCUT2D eigenvalue weighted by Crippen LogP contribution is -2.33. The molecule has 1 unspecified atom stereocenters. The van der Waals surface area contributed by atoms with E-state index in [1.807, 2.05) is 6.07 Å². The van der Waals surface area contributed by atoms with Crippen molar-refractivity contribution < 1.29 is 0 Å². The molecule has 0 radical (unpaired) electrons. The fourth-order valence-corrected chi connectivity index (χ4v) is 3.75. The van der Waals surface area contributed by atoms with E-state index in [1.165, 1.54) is 37.0 Å². The largest absolute Gasteiger partial charge is 0.323 e. The van der Waals surface area contributed by atoms with Gasteiger partial charge in [0.1, 0.15) is 0 Å². The number of hydrogen-bond acceptors (Lipinski definition) is 2. The van der Waals surface area contributed by atoms with Crippen molar-refractivity contribution >= 4 is 22.9 Å². The molecule has 0 saturated heterocycles. The SMILES string of the molecule is CC1(C(N)c2ccc(Cl)s2)CCCCC1. The maximum atomic E-state index is 6.37. The number of hydrogen-bond donors (Lipinski definition) is 1. The first-order chi connectivity index (χ1) is 7.12. The summed E-state index contributed by atoms with van der Waals surface area (Å²) in [5, 5.41) is 0. The molecule has 1 aliphatic rings. The van der Waals surface area contributed by atoms with Crippen molar-refractivity contribution in [2.75, 3.05) is 0 Å². The summed E-state index contributed by atoms with van der Waals surface area (Å²) >= 11 is 7.58. The Bertz CT molecular complexity index is 328. The minimum absolute atomic E-state index is 0.162. The van der Waals surface area contributed by atoms with Crippen LogP contribution in [-0.4, -0.2) is 0 Å². The van der Waals surface area contributed by atoms with E-state index < -0.39 is 0 Å². The lowest BCUT2D eigenvalue weighted by atomic mass is 9.70. The van der Waals surface area contributed by atoms with Gasteiger partial charge in [-0.15, -0.1) is 11.3 Å². The van der Waals surface area contributed by atoms with Crippen LogP contribution in [0.15, 0.2) is 12.1 Å². The average Bonchev–Trinajstić information content (AvgIpc) is 2.65. The van der Waals surface area contributed by atoms with E-state index in [2.05, 4.69) is 13.0 Å². The zero-order chi connectivity index (χ0) is 10.9. The minimum Gasteiger partial charge on any atom is -0.323 e. The monoisotopic (exact) mass is 243 g/mol. The van der Waals surface area contributed by atoms with Crippen LogP contribution < -0.4 is 5.73 Å². The number of halogens is 1. The predicted octanol–water partition coefficient (Wildman–Crippen LogP) is 4.37. The second-order valence-electron chi connectivity index (χ2n) is 4.83. The zero-order valence-corrected chi connectivity index (χ0v) is 10.7. The van der Waals surface area contributed by atoms with Crippen LogP contribution in [0.4, 0.5) is 0 Å². The molecule has 0 bridgehead atoms. The van der Waals surface area contributed by atoms with Gasteiger partial charge in [0, 0.05) is 10.9 Å². The average molecular weight is 244 g/mol. The third-order valence-electron chi connectivity index (χ3n) is 3.65. The van der Waals surface area contributed by atoms with Gasteiger partial charge in [-0.25, -0.2) is 0 Å². The summed E-state index contributed by atoms with van der Waals surface area (Å²) in [6.07, 6.45) is 6.52. The van der Waals surface area contributed by atoms with Crippen molar-refractivity contribution in [2.24, 2.45) is 11.1 Å². The van der Waals surface area contributed by atoms with Crippen molar-refractivity contribution in [3.8, 4) is 0 Å². The fourth-order valence-electron chi connectivity index (χ4n) is 2.51. The molecule has 0 amide bonds. The second kappa shape index (κ2) is 4.44. The van der Waals surface area contributed by atoms with Crippen molar-refractivity contribution in [1.82, 2.24) is 0 Å². The number of rotatable bonds is 2. The van der Waals surface area contributed by atoms with Gasteiger partial charge >= 0.3 is 0 Å². The highest BCUT2D eigenvalue weighted by molar-refractivity contribution is 7.16. The predicted molar refractivity (Wildman–Crippen MR) is 67.4 cm³/mol. The van der Waals surface area contributed by atoms with Crippen LogP contribution in [0.2, 0.25) is 4.34 Å². The quantitative estimate of drug-likeness (QED) is 0.820. The molecule has 1 saturated carbocycles. The Morgan fingerprint density at radius 3 is 2.53 bits per heavy atom. The van der Waals surface area contributed by atoms with Crippen molar-refractivity contribution in [1.29, 1.82) is 0 Å². The van der Waals surface area contributed by atoms with Crippen LogP contribution in [0.25, 0.3) is 0 Å². The molecule has 1 atom stereocenters. The zero-order valence-electron chi connectivity index (χ0n) is 9.13. The summed E-state index contributed by atoms with van der Waals surface area (Å²) in [7, 11) is 0. The van der Waals surface area contributed by atoms with Gasteiger partial charge in [0.2, 0.25) is 0 Å². The summed E-state index contributed by atoms with van der Waals surface area (Å²) in [6, 6.07) is 4.20. The molecule has 0 spiro atoms. The fraction of sp³-hybridized carbons (Fsp3) is 0.667. The molecular weight excluding hydrogens is 226 g/mol. The minimum atomic E-state index is 0.162. The summed E-state index contributed by atoms with van der Waals surface area (Å²) in [5.41, 5.74) is 6.65. The first-order valence-corrected chi connectivity index (χ1v) is 6.82. The summed E-state index contributed by atoms with van der Waals surface area (Å²) in [5.74, 6) is 0. The van der Waals surface area contributed by atoms with Gasteiger partial charge in [0.25, 0.3) is 0 Å². The standard InChI is InChI=1S/C12H18ClNS/c1-12(7-3-2-4-8-12)11(14)9-5-6-10(13)15-9/h5-6,11H,2-4,7-8,14H2,1H3. The molecule has 2 rings (SSSR count). The Morgan fingerprint density at radius 1 is 1.33 bits per heavy atom. The van der Waals surface area contributed by atoms with Gasteiger partial charge in [0.15, 0.2) is 0 Å². The maximum absolute atomic E-state index is 6.37. The Hall–Kier alpha value is -0.0500. The molecule has 1 aromatic rings. The maximum Gasteiger partial charge on any atom is 0.0931 e. The molecule has 0 aromatic carbocycles. The Kier molecular flexibility index (Phi) is 3.39. The van der Waals surface area contributed by atoms with Crippen LogP contribution in [-0.2, 0) is 0 Å². The molecule has 1 heterocycles. The smallest absolute Gasteiger partial charge is 0.0931 e. The van der Waals surface area contributed by atoms with E-state index in [-0.39, 0.29) is 11.5 Å². The molecule has 3 heteroatoms. The van der Waals surface area contributed by atoms with E-state index in [9.17, 15) is 0 Å². The number of thiophene rings is 1. The lowest BCUT2D eigenvalue weighted by molar-refractivity contribution is 0.172. The molecule has 1 fully saturated rings. The highest BCUT2D eigenvalue weighted by atomic mass is 35.5. The molecule has 1 aliphatic carbocycles. The van der Waals surface area contributed by atoms with Gasteiger partial charge in [-0.1, -0.05) is 37.8 Å².